The highest BCUT2D eigenvalue weighted by molar-refractivity contribution is 8.00. The third-order valence-corrected chi connectivity index (χ3v) is 7.22. The van der Waals surface area contributed by atoms with Crippen molar-refractivity contribution >= 4 is 62.7 Å². The van der Waals surface area contributed by atoms with Crippen molar-refractivity contribution in [1.82, 2.24) is 4.31 Å². The fraction of sp³-hybridized carbons (Fsp3) is 0.167. The lowest BCUT2D eigenvalue weighted by Gasteiger charge is -2.35. The van der Waals surface area contributed by atoms with E-state index in [2.05, 4.69) is 5.32 Å². The van der Waals surface area contributed by atoms with Gasteiger partial charge in [0.15, 0.2) is 5.92 Å². The molecule has 1 N–H and O–H groups in total. The molecule has 0 bridgehead atoms. The van der Waals surface area contributed by atoms with Crippen LogP contribution in [0.2, 0.25) is 5.02 Å². The second kappa shape index (κ2) is 8.64. The molecule has 0 spiro atoms. The lowest BCUT2D eigenvalue weighted by atomic mass is 10.1. The van der Waals surface area contributed by atoms with Crippen LogP contribution < -0.4 is 9.62 Å². The highest BCUT2D eigenvalue weighted by atomic mass is 35.5. The van der Waals surface area contributed by atoms with Crippen LogP contribution in [0.3, 0.4) is 0 Å². The molecule has 14 heteroatoms. The van der Waals surface area contributed by atoms with Crippen molar-refractivity contribution < 1.29 is 36.0 Å². The third-order valence-electron chi connectivity index (χ3n) is 4.26. The Bertz CT molecular complexity index is 1190. The Morgan fingerprint density at radius 1 is 1.09 bits per heavy atom. The van der Waals surface area contributed by atoms with E-state index in [4.69, 9.17) is 11.6 Å². The number of amides is 3. The summed E-state index contributed by atoms with van der Waals surface area (Å²) in [5, 5.41) is 1.90. The summed E-state index contributed by atoms with van der Waals surface area (Å²) in [5.41, 5.74) is -4.74. The Morgan fingerprint density at radius 3 is 2.28 bits per heavy atom. The molecule has 1 atom stereocenters. The Labute approximate surface area is 189 Å². The predicted molar refractivity (Wildman–Crippen MR) is 111 cm³/mol. The predicted octanol–water partition coefficient (Wildman–Crippen LogP) is 3.26. The maximum atomic E-state index is 12.9. The quantitative estimate of drug-likeness (QED) is 0.503. The summed E-state index contributed by atoms with van der Waals surface area (Å²) < 4.78 is 63.5. The number of alkyl halides is 3. The lowest BCUT2D eigenvalue weighted by molar-refractivity contribution is -0.142. The van der Waals surface area contributed by atoms with E-state index in [-0.39, 0.29) is 25.6 Å². The zero-order valence-corrected chi connectivity index (χ0v) is 18.3. The van der Waals surface area contributed by atoms with Gasteiger partial charge in [-0.2, -0.15) is 25.9 Å². The minimum Gasteiger partial charge on any atom is -0.325 e. The Hall–Kier alpha value is -2.77. The van der Waals surface area contributed by atoms with Crippen molar-refractivity contribution in [2.45, 2.75) is 10.4 Å². The maximum absolute atomic E-state index is 12.9. The molecule has 1 unspecified atom stereocenters. The Morgan fingerprint density at radius 2 is 1.72 bits per heavy atom. The molecule has 1 aliphatic heterocycles. The Kier molecular flexibility index (Phi) is 6.45. The number of benzene rings is 2. The summed E-state index contributed by atoms with van der Waals surface area (Å²) in [6, 6.07) is 10.3. The van der Waals surface area contributed by atoms with Crippen molar-refractivity contribution in [3.05, 3.63) is 53.6 Å². The van der Waals surface area contributed by atoms with Crippen LogP contribution in [0.4, 0.5) is 24.5 Å². The molecule has 170 valence electrons. The average molecular weight is 508 g/mol. The summed E-state index contributed by atoms with van der Waals surface area (Å²) in [4.78, 5) is 37.8. The summed E-state index contributed by atoms with van der Waals surface area (Å²) in [7, 11) is -3.66. The standard InChI is InChI=1S/C18H13ClF3N3O5S2/c1-24-16(27)14(17(28)25(32(24,29)30)11-5-3-2-4-6-11)15(26)23-10-7-8-13(12(19)9-10)31-18(20,21)22/h2-9,14H,1H3,(H,23,26). The molecular weight excluding hydrogens is 495 g/mol. The van der Waals surface area contributed by atoms with Crippen LogP contribution in [0.5, 0.6) is 0 Å². The number of thioether (sulfide) groups is 1. The summed E-state index contributed by atoms with van der Waals surface area (Å²) >= 11 is 5.37. The number of nitrogens with one attached hydrogen (secondary N) is 1. The van der Waals surface area contributed by atoms with Gasteiger partial charge in [-0.05, 0) is 42.1 Å². The molecule has 1 saturated heterocycles. The van der Waals surface area contributed by atoms with Crippen LogP contribution in [0.25, 0.3) is 0 Å². The van der Waals surface area contributed by atoms with E-state index >= 15 is 0 Å². The molecule has 3 amide bonds. The van der Waals surface area contributed by atoms with Gasteiger partial charge in [0.25, 0.3) is 11.8 Å². The molecule has 0 radical (unpaired) electrons. The van der Waals surface area contributed by atoms with Crippen LogP contribution in [-0.2, 0) is 24.6 Å². The first kappa shape index (κ1) is 23.9. The largest absolute Gasteiger partial charge is 0.446 e. The highest BCUT2D eigenvalue weighted by Crippen LogP contribution is 2.41. The molecule has 1 aliphatic rings. The number of rotatable bonds is 4. The van der Waals surface area contributed by atoms with E-state index in [1.54, 1.807) is 6.07 Å². The second-order valence-corrected chi connectivity index (χ2v) is 9.69. The van der Waals surface area contributed by atoms with E-state index in [0.29, 0.717) is 4.31 Å². The van der Waals surface area contributed by atoms with Crippen molar-refractivity contribution in [2.24, 2.45) is 5.92 Å². The molecule has 1 fully saturated rings. The first-order valence-electron chi connectivity index (χ1n) is 8.61. The van der Waals surface area contributed by atoms with Gasteiger partial charge in [0, 0.05) is 17.6 Å². The number of para-hydroxylation sites is 1. The van der Waals surface area contributed by atoms with Crippen molar-refractivity contribution in [3.63, 3.8) is 0 Å². The smallest absolute Gasteiger partial charge is 0.325 e. The van der Waals surface area contributed by atoms with Gasteiger partial charge in [-0.3, -0.25) is 14.4 Å². The molecule has 0 aliphatic carbocycles. The SMILES string of the molecule is CN1C(=O)C(C(=O)Nc2ccc(SC(F)(F)F)c(Cl)c2)C(=O)N(c2ccccc2)S1(=O)=O. The van der Waals surface area contributed by atoms with Crippen LogP contribution in [-0.4, -0.2) is 43.0 Å². The van der Waals surface area contributed by atoms with Gasteiger partial charge in [-0.25, -0.2) is 4.31 Å². The van der Waals surface area contributed by atoms with Gasteiger partial charge >= 0.3 is 15.7 Å². The van der Waals surface area contributed by atoms with Gasteiger partial charge in [0.2, 0.25) is 5.91 Å². The minimum absolute atomic E-state index is 0.0776. The van der Waals surface area contributed by atoms with E-state index < -0.39 is 51.1 Å². The molecule has 0 saturated carbocycles. The number of carbonyl (C=O) groups is 3. The van der Waals surface area contributed by atoms with E-state index in [0.717, 1.165) is 25.2 Å². The fourth-order valence-corrected chi connectivity index (χ4v) is 4.94. The van der Waals surface area contributed by atoms with Crippen molar-refractivity contribution in [1.29, 1.82) is 0 Å². The topological polar surface area (TPSA) is 104 Å². The summed E-state index contributed by atoms with van der Waals surface area (Å²) in [6.45, 7) is 0. The minimum atomic E-state index is -4.58. The number of nitrogens with zero attached hydrogens (tertiary/aromatic N) is 2. The normalized spacial score (nSPS) is 18.6. The zero-order chi connectivity index (χ0) is 23.8. The molecule has 3 rings (SSSR count). The number of carbonyl (C=O) groups excluding carboxylic acids is 3. The number of hydrogen-bond acceptors (Lipinski definition) is 6. The number of halogens is 4. The van der Waals surface area contributed by atoms with Gasteiger partial charge in [0.1, 0.15) is 0 Å². The lowest BCUT2D eigenvalue weighted by Crippen LogP contribution is -2.61. The van der Waals surface area contributed by atoms with Gasteiger partial charge < -0.3 is 5.32 Å². The molecule has 8 nitrogen and oxygen atoms in total. The average Bonchev–Trinajstić information content (AvgIpc) is 2.68. The molecule has 2 aromatic rings. The zero-order valence-electron chi connectivity index (χ0n) is 16.0. The Balaban J connectivity index is 1.90. The molecule has 0 aromatic heterocycles. The van der Waals surface area contributed by atoms with Crippen molar-refractivity contribution in [2.75, 3.05) is 16.7 Å². The van der Waals surface area contributed by atoms with Gasteiger partial charge in [0.05, 0.1) is 10.7 Å². The monoisotopic (exact) mass is 507 g/mol. The van der Waals surface area contributed by atoms with E-state index in [1.807, 2.05) is 0 Å². The summed E-state index contributed by atoms with van der Waals surface area (Å²) in [6.07, 6.45) is 0. The highest BCUT2D eigenvalue weighted by Gasteiger charge is 2.52. The van der Waals surface area contributed by atoms with E-state index in [1.165, 1.54) is 24.3 Å². The van der Waals surface area contributed by atoms with Crippen LogP contribution >= 0.6 is 23.4 Å². The molecule has 2 aromatic carbocycles. The second-order valence-electron chi connectivity index (χ2n) is 6.37. The first-order valence-corrected chi connectivity index (χ1v) is 11.2. The van der Waals surface area contributed by atoms with Crippen LogP contribution in [0, 0.1) is 5.92 Å². The molecule has 1 heterocycles. The third kappa shape index (κ3) is 4.69. The maximum Gasteiger partial charge on any atom is 0.446 e. The number of hydrogen-bond donors (Lipinski definition) is 1. The molecule has 32 heavy (non-hydrogen) atoms. The van der Waals surface area contributed by atoms with Crippen LogP contribution in [0.1, 0.15) is 0 Å². The number of anilines is 2. The fourth-order valence-electron chi connectivity index (χ4n) is 2.80. The first-order chi connectivity index (χ1) is 14.8. The van der Waals surface area contributed by atoms with Gasteiger partial charge in [-0.15, -0.1) is 0 Å². The van der Waals surface area contributed by atoms with E-state index in [9.17, 15) is 36.0 Å². The summed E-state index contributed by atoms with van der Waals surface area (Å²) in [5.74, 6) is -5.80. The van der Waals surface area contributed by atoms with Crippen molar-refractivity contribution in [3.8, 4) is 0 Å². The molecular formula is C18H13ClF3N3O5S2. The van der Waals surface area contributed by atoms with Crippen LogP contribution in [0.15, 0.2) is 53.4 Å². The van der Waals surface area contributed by atoms with Gasteiger partial charge in [-0.1, -0.05) is 29.8 Å².